The van der Waals surface area contributed by atoms with Crippen molar-refractivity contribution in [1.29, 1.82) is 0 Å². The van der Waals surface area contributed by atoms with Crippen LogP contribution in [0.3, 0.4) is 0 Å². The molecule has 3 atom stereocenters. The Bertz CT molecular complexity index is 589. The van der Waals surface area contributed by atoms with Gasteiger partial charge in [-0.15, -0.1) is 0 Å². The highest BCUT2D eigenvalue weighted by atomic mass is 19.1. The molecule has 0 saturated carbocycles. The van der Waals surface area contributed by atoms with E-state index in [1.165, 1.54) is 31.2 Å². The maximum Gasteiger partial charge on any atom is 0.243 e. The Balaban J connectivity index is 2.89. The van der Waals surface area contributed by atoms with Crippen LogP contribution in [0.25, 0.3) is 0 Å². The number of carbonyl (C=O) groups excluding carboxylic acids is 3. The normalized spacial score (nSPS) is 14.3. The molecule has 0 aliphatic carbocycles. The van der Waals surface area contributed by atoms with Crippen LogP contribution in [0.2, 0.25) is 0 Å². The smallest absolute Gasteiger partial charge is 0.243 e. The van der Waals surface area contributed by atoms with E-state index < -0.39 is 23.9 Å². The molecule has 0 aromatic heterocycles. The third-order valence-corrected chi connectivity index (χ3v) is 3.86. The molecule has 1 rings (SSSR count). The lowest BCUT2D eigenvalue weighted by molar-refractivity contribution is -0.131. The first-order chi connectivity index (χ1) is 11.2. The number of carbonyl (C=O) groups is 3. The Morgan fingerprint density at radius 1 is 1.17 bits per heavy atom. The van der Waals surface area contributed by atoms with E-state index in [1.807, 2.05) is 13.8 Å². The van der Waals surface area contributed by atoms with Crippen molar-refractivity contribution in [3.8, 4) is 0 Å². The number of nitrogens with one attached hydrogen (secondary N) is 2. The summed E-state index contributed by atoms with van der Waals surface area (Å²) in [5, 5.41) is 5.15. The number of rotatable bonds is 8. The first kappa shape index (κ1) is 19.6. The molecule has 0 fully saturated rings. The quantitative estimate of drug-likeness (QED) is 0.656. The molecule has 132 valence electrons. The van der Waals surface area contributed by atoms with Gasteiger partial charge in [-0.2, -0.15) is 0 Å². The summed E-state index contributed by atoms with van der Waals surface area (Å²) in [5.74, 6) is -2.02. The molecule has 1 aromatic rings. The van der Waals surface area contributed by atoms with Gasteiger partial charge in [-0.05, 0) is 23.6 Å². The Kier molecular flexibility index (Phi) is 7.35. The maximum absolute atomic E-state index is 13.0. The zero-order valence-corrected chi connectivity index (χ0v) is 14.1. The maximum atomic E-state index is 13.0. The molecular formula is C17H24FN3O3. The minimum absolute atomic E-state index is 0.129. The van der Waals surface area contributed by atoms with Crippen LogP contribution in [0.15, 0.2) is 24.3 Å². The van der Waals surface area contributed by atoms with Gasteiger partial charge >= 0.3 is 0 Å². The van der Waals surface area contributed by atoms with Gasteiger partial charge in [0, 0.05) is 13.3 Å². The van der Waals surface area contributed by atoms with Crippen molar-refractivity contribution in [3.05, 3.63) is 35.6 Å². The Morgan fingerprint density at radius 2 is 1.75 bits per heavy atom. The summed E-state index contributed by atoms with van der Waals surface area (Å²) in [5.41, 5.74) is 6.03. The molecular weight excluding hydrogens is 313 g/mol. The van der Waals surface area contributed by atoms with E-state index in [1.54, 1.807) is 0 Å². The van der Waals surface area contributed by atoms with Gasteiger partial charge in [0.05, 0.1) is 0 Å². The van der Waals surface area contributed by atoms with Gasteiger partial charge < -0.3 is 16.4 Å². The molecule has 3 amide bonds. The average molecular weight is 337 g/mol. The molecule has 0 spiro atoms. The molecule has 6 nitrogen and oxygen atoms in total. The molecule has 1 aromatic carbocycles. The third-order valence-electron chi connectivity index (χ3n) is 3.86. The monoisotopic (exact) mass is 337 g/mol. The molecule has 0 radical (unpaired) electrons. The van der Waals surface area contributed by atoms with Gasteiger partial charge in [0.25, 0.3) is 0 Å². The Morgan fingerprint density at radius 3 is 2.21 bits per heavy atom. The SMILES string of the molecule is CC[C@H](C)[C@H](NC(=O)[C@@H](Cc1ccc(F)cc1)NC(C)=O)C(N)=O. The van der Waals surface area contributed by atoms with Gasteiger partial charge in [-0.1, -0.05) is 32.4 Å². The summed E-state index contributed by atoms with van der Waals surface area (Å²) in [6.45, 7) is 4.99. The van der Waals surface area contributed by atoms with Crippen molar-refractivity contribution in [3.63, 3.8) is 0 Å². The van der Waals surface area contributed by atoms with Gasteiger partial charge in [-0.3, -0.25) is 14.4 Å². The van der Waals surface area contributed by atoms with Crippen molar-refractivity contribution in [1.82, 2.24) is 10.6 Å². The van der Waals surface area contributed by atoms with E-state index in [-0.39, 0.29) is 24.1 Å². The lowest BCUT2D eigenvalue weighted by atomic mass is 9.97. The molecule has 0 bridgehead atoms. The molecule has 0 saturated heterocycles. The Hall–Kier alpha value is -2.44. The first-order valence-corrected chi connectivity index (χ1v) is 7.85. The predicted octanol–water partition coefficient (Wildman–Crippen LogP) is 0.889. The summed E-state index contributed by atoms with van der Waals surface area (Å²) in [6, 6.07) is 3.95. The number of amides is 3. The Labute approximate surface area is 141 Å². The number of halogens is 1. The van der Waals surface area contributed by atoms with Crippen LogP contribution in [-0.4, -0.2) is 29.8 Å². The summed E-state index contributed by atoms with van der Waals surface area (Å²) < 4.78 is 13.0. The van der Waals surface area contributed by atoms with Crippen LogP contribution in [0.5, 0.6) is 0 Å². The van der Waals surface area contributed by atoms with E-state index in [2.05, 4.69) is 10.6 Å². The number of hydrogen-bond acceptors (Lipinski definition) is 3. The predicted molar refractivity (Wildman–Crippen MR) is 88.3 cm³/mol. The highest BCUT2D eigenvalue weighted by Gasteiger charge is 2.28. The fourth-order valence-corrected chi connectivity index (χ4v) is 2.29. The molecule has 7 heteroatoms. The summed E-state index contributed by atoms with van der Waals surface area (Å²) in [4.78, 5) is 35.4. The highest BCUT2D eigenvalue weighted by molar-refractivity contribution is 5.91. The zero-order chi connectivity index (χ0) is 18.3. The molecule has 4 N–H and O–H groups in total. The van der Waals surface area contributed by atoms with Crippen LogP contribution in [0.1, 0.15) is 32.8 Å². The summed E-state index contributed by atoms with van der Waals surface area (Å²) >= 11 is 0. The van der Waals surface area contributed by atoms with Crippen LogP contribution >= 0.6 is 0 Å². The summed E-state index contributed by atoms with van der Waals surface area (Å²) in [7, 11) is 0. The van der Waals surface area contributed by atoms with Gasteiger partial charge in [0.1, 0.15) is 17.9 Å². The van der Waals surface area contributed by atoms with Crippen molar-refractivity contribution in [2.45, 2.75) is 45.7 Å². The van der Waals surface area contributed by atoms with E-state index >= 15 is 0 Å². The minimum atomic E-state index is -0.876. The molecule has 0 aliphatic rings. The fraction of sp³-hybridized carbons (Fsp3) is 0.471. The van der Waals surface area contributed by atoms with Crippen LogP contribution in [0.4, 0.5) is 4.39 Å². The first-order valence-electron chi connectivity index (χ1n) is 7.85. The lowest BCUT2D eigenvalue weighted by Gasteiger charge is -2.25. The third kappa shape index (κ3) is 5.98. The van der Waals surface area contributed by atoms with Crippen LogP contribution in [-0.2, 0) is 20.8 Å². The van der Waals surface area contributed by atoms with E-state index in [4.69, 9.17) is 5.73 Å². The molecule has 0 unspecified atom stereocenters. The fourth-order valence-electron chi connectivity index (χ4n) is 2.29. The average Bonchev–Trinajstić information content (AvgIpc) is 2.52. The van der Waals surface area contributed by atoms with Crippen molar-refractivity contribution in [2.75, 3.05) is 0 Å². The standard InChI is InChI=1S/C17H24FN3O3/c1-4-10(2)15(16(19)23)21-17(24)14(20-11(3)22)9-12-5-7-13(18)8-6-12/h5-8,10,14-15H,4,9H2,1-3H3,(H2,19,23)(H,20,22)(H,21,24)/t10-,14+,15-/m0/s1. The van der Waals surface area contributed by atoms with Gasteiger partial charge in [0.2, 0.25) is 17.7 Å². The van der Waals surface area contributed by atoms with Crippen LogP contribution in [0, 0.1) is 11.7 Å². The number of benzene rings is 1. The van der Waals surface area contributed by atoms with Crippen molar-refractivity contribution in [2.24, 2.45) is 11.7 Å². The molecule has 24 heavy (non-hydrogen) atoms. The van der Waals surface area contributed by atoms with E-state index in [9.17, 15) is 18.8 Å². The van der Waals surface area contributed by atoms with Gasteiger partial charge in [0.15, 0.2) is 0 Å². The number of nitrogens with two attached hydrogens (primary N) is 1. The van der Waals surface area contributed by atoms with Crippen molar-refractivity contribution < 1.29 is 18.8 Å². The second kappa shape index (κ2) is 9.00. The van der Waals surface area contributed by atoms with E-state index in [0.717, 1.165) is 0 Å². The minimum Gasteiger partial charge on any atom is -0.368 e. The number of primary amides is 1. The zero-order valence-electron chi connectivity index (χ0n) is 14.1. The lowest BCUT2D eigenvalue weighted by Crippen LogP contribution is -2.55. The van der Waals surface area contributed by atoms with Crippen LogP contribution < -0.4 is 16.4 Å². The van der Waals surface area contributed by atoms with Gasteiger partial charge in [-0.25, -0.2) is 4.39 Å². The number of hydrogen-bond donors (Lipinski definition) is 3. The topological polar surface area (TPSA) is 101 Å². The second-order valence-electron chi connectivity index (χ2n) is 5.86. The largest absolute Gasteiger partial charge is 0.368 e. The van der Waals surface area contributed by atoms with E-state index in [0.29, 0.717) is 12.0 Å². The highest BCUT2D eigenvalue weighted by Crippen LogP contribution is 2.10. The summed E-state index contributed by atoms with van der Waals surface area (Å²) in [6.07, 6.45) is 0.842. The molecule has 0 heterocycles. The molecule has 0 aliphatic heterocycles. The van der Waals surface area contributed by atoms with Crippen molar-refractivity contribution >= 4 is 17.7 Å². The second-order valence-corrected chi connectivity index (χ2v) is 5.86.